The molecule has 2 saturated carbocycles. The SMILES string of the molecule is CNC1CCC(CC2CCC3(CCCCC3)O2)C1C. The zero-order chi connectivity index (χ0) is 13.3. The third kappa shape index (κ3) is 2.85. The molecule has 0 amide bonds. The second kappa shape index (κ2) is 5.73. The molecule has 2 aliphatic carbocycles. The van der Waals surface area contributed by atoms with Crippen molar-refractivity contribution in [3.8, 4) is 0 Å². The molecule has 3 rings (SSSR count). The summed E-state index contributed by atoms with van der Waals surface area (Å²) in [6.07, 6.45) is 14.2. The molecule has 2 nitrogen and oxygen atoms in total. The Morgan fingerprint density at radius 2 is 1.84 bits per heavy atom. The van der Waals surface area contributed by atoms with Crippen LogP contribution in [0.25, 0.3) is 0 Å². The van der Waals surface area contributed by atoms with Crippen LogP contribution in [0.15, 0.2) is 0 Å². The molecule has 3 aliphatic rings. The summed E-state index contributed by atoms with van der Waals surface area (Å²) in [5, 5.41) is 3.48. The Morgan fingerprint density at radius 3 is 2.53 bits per heavy atom. The third-order valence-electron chi connectivity index (χ3n) is 6.27. The zero-order valence-electron chi connectivity index (χ0n) is 12.8. The molecule has 4 atom stereocenters. The normalized spacial score (nSPS) is 42.0. The Morgan fingerprint density at radius 1 is 1.05 bits per heavy atom. The van der Waals surface area contributed by atoms with Crippen LogP contribution in [0.3, 0.4) is 0 Å². The first-order valence-electron chi connectivity index (χ1n) is 8.57. The molecule has 1 heterocycles. The quantitative estimate of drug-likeness (QED) is 0.836. The Labute approximate surface area is 118 Å². The lowest BCUT2D eigenvalue weighted by Crippen LogP contribution is -2.33. The number of ether oxygens (including phenoxy) is 1. The molecule has 3 fully saturated rings. The molecule has 19 heavy (non-hydrogen) atoms. The van der Waals surface area contributed by atoms with Crippen LogP contribution in [0.1, 0.15) is 71.1 Å². The van der Waals surface area contributed by atoms with Crippen molar-refractivity contribution >= 4 is 0 Å². The highest BCUT2D eigenvalue weighted by molar-refractivity contribution is 4.94. The first-order valence-corrected chi connectivity index (χ1v) is 8.57. The number of rotatable bonds is 3. The van der Waals surface area contributed by atoms with Gasteiger partial charge in [-0.3, -0.25) is 0 Å². The van der Waals surface area contributed by atoms with Crippen molar-refractivity contribution in [3.05, 3.63) is 0 Å². The van der Waals surface area contributed by atoms with E-state index in [4.69, 9.17) is 4.74 Å². The smallest absolute Gasteiger partial charge is 0.0687 e. The van der Waals surface area contributed by atoms with Gasteiger partial charge in [-0.25, -0.2) is 0 Å². The lowest BCUT2D eigenvalue weighted by atomic mass is 9.83. The van der Waals surface area contributed by atoms with Gasteiger partial charge < -0.3 is 10.1 Å². The van der Waals surface area contributed by atoms with E-state index < -0.39 is 0 Å². The first-order chi connectivity index (χ1) is 9.22. The average molecular weight is 265 g/mol. The van der Waals surface area contributed by atoms with Gasteiger partial charge in [0.15, 0.2) is 0 Å². The Balaban J connectivity index is 1.52. The van der Waals surface area contributed by atoms with Gasteiger partial charge in [0.05, 0.1) is 11.7 Å². The Kier molecular flexibility index (Phi) is 4.19. The Hall–Kier alpha value is -0.0800. The minimum absolute atomic E-state index is 0.313. The molecule has 110 valence electrons. The van der Waals surface area contributed by atoms with Crippen molar-refractivity contribution in [1.29, 1.82) is 0 Å². The zero-order valence-corrected chi connectivity index (χ0v) is 12.8. The van der Waals surface area contributed by atoms with Gasteiger partial charge in [0, 0.05) is 6.04 Å². The standard InChI is InChI=1S/C17H31NO/c1-13-14(6-7-16(13)18-2)12-15-8-11-17(19-15)9-4-3-5-10-17/h13-16,18H,3-12H2,1-2H3. The van der Waals surface area contributed by atoms with Crippen LogP contribution < -0.4 is 5.32 Å². The molecule has 1 spiro atoms. The fraction of sp³-hybridized carbons (Fsp3) is 1.00. The maximum Gasteiger partial charge on any atom is 0.0687 e. The van der Waals surface area contributed by atoms with Gasteiger partial charge in [-0.15, -0.1) is 0 Å². The van der Waals surface area contributed by atoms with Gasteiger partial charge in [-0.05, 0) is 63.8 Å². The highest BCUT2D eigenvalue weighted by Crippen LogP contribution is 2.45. The van der Waals surface area contributed by atoms with E-state index in [-0.39, 0.29) is 0 Å². The lowest BCUT2D eigenvalue weighted by Gasteiger charge is -2.34. The summed E-state index contributed by atoms with van der Waals surface area (Å²) in [5.74, 6) is 1.72. The van der Waals surface area contributed by atoms with Crippen molar-refractivity contribution in [2.45, 2.75) is 88.9 Å². The van der Waals surface area contributed by atoms with Gasteiger partial charge in [0.25, 0.3) is 0 Å². The highest BCUT2D eigenvalue weighted by Gasteiger charge is 2.42. The van der Waals surface area contributed by atoms with Crippen LogP contribution in [0.4, 0.5) is 0 Å². The van der Waals surface area contributed by atoms with Crippen molar-refractivity contribution in [2.24, 2.45) is 11.8 Å². The minimum atomic E-state index is 0.313. The summed E-state index contributed by atoms with van der Waals surface area (Å²) >= 11 is 0. The fourth-order valence-electron chi connectivity index (χ4n) is 4.95. The highest BCUT2D eigenvalue weighted by atomic mass is 16.5. The number of hydrogen-bond donors (Lipinski definition) is 1. The molecule has 4 unspecified atom stereocenters. The maximum atomic E-state index is 6.55. The van der Waals surface area contributed by atoms with Crippen LogP contribution in [0.5, 0.6) is 0 Å². The van der Waals surface area contributed by atoms with Crippen molar-refractivity contribution in [1.82, 2.24) is 5.32 Å². The van der Waals surface area contributed by atoms with Crippen molar-refractivity contribution in [3.63, 3.8) is 0 Å². The van der Waals surface area contributed by atoms with E-state index in [9.17, 15) is 0 Å². The second-order valence-electron chi connectivity index (χ2n) is 7.35. The van der Waals surface area contributed by atoms with Crippen LogP contribution in [-0.4, -0.2) is 24.8 Å². The topological polar surface area (TPSA) is 21.3 Å². The van der Waals surface area contributed by atoms with Crippen LogP contribution >= 0.6 is 0 Å². The molecule has 0 radical (unpaired) electrons. The summed E-state index contributed by atoms with van der Waals surface area (Å²) in [4.78, 5) is 0. The predicted molar refractivity (Wildman–Crippen MR) is 79.3 cm³/mol. The maximum absolute atomic E-state index is 6.55. The summed E-state index contributed by atoms with van der Waals surface area (Å²) < 4.78 is 6.55. The van der Waals surface area contributed by atoms with Crippen LogP contribution in [0, 0.1) is 11.8 Å². The minimum Gasteiger partial charge on any atom is -0.372 e. The van der Waals surface area contributed by atoms with E-state index in [0.29, 0.717) is 11.7 Å². The Bertz CT molecular complexity index is 298. The molecule has 0 aromatic heterocycles. The van der Waals surface area contributed by atoms with E-state index in [1.807, 2.05) is 0 Å². The summed E-state index contributed by atoms with van der Waals surface area (Å²) in [7, 11) is 2.12. The van der Waals surface area contributed by atoms with Gasteiger partial charge in [0.1, 0.15) is 0 Å². The molecule has 1 aliphatic heterocycles. The van der Waals surface area contributed by atoms with Crippen molar-refractivity contribution in [2.75, 3.05) is 7.05 Å². The number of hydrogen-bond acceptors (Lipinski definition) is 2. The van der Waals surface area contributed by atoms with E-state index >= 15 is 0 Å². The van der Waals surface area contributed by atoms with E-state index in [2.05, 4.69) is 19.3 Å². The second-order valence-corrected chi connectivity index (χ2v) is 7.35. The van der Waals surface area contributed by atoms with Gasteiger partial charge >= 0.3 is 0 Å². The third-order valence-corrected chi connectivity index (χ3v) is 6.27. The first kappa shape index (κ1) is 13.9. The monoisotopic (exact) mass is 265 g/mol. The fourth-order valence-corrected chi connectivity index (χ4v) is 4.95. The van der Waals surface area contributed by atoms with Gasteiger partial charge in [-0.2, -0.15) is 0 Å². The lowest BCUT2D eigenvalue weighted by molar-refractivity contribution is -0.0710. The van der Waals surface area contributed by atoms with Crippen molar-refractivity contribution < 1.29 is 4.74 Å². The average Bonchev–Trinajstić information content (AvgIpc) is 2.97. The summed E-state index contributed by atoms with van der Waals surface area (Å²) in [5.41, 5.74) is 0.313. The molecule has 1 saturated heterocycles. The largest absolute Gasteiger partial charge is 0.372 e. The predicted octanol–water partition coefficient (Wildman–Crippen LogP) is 3.89. The number of nitrogens with one attached hydrogen (secondary N) is 1. The molecule has 2 heteroatoms. The van der Waals surface area contributed by atoms with E-state index in [1.54, 1.807) is 0 Å². The van der Waals surface area contributed by atoms with Gasteiger partial charge in [-0.1, -0.05) is 26.2 Å². The molecule has 0 aromatic carbocycles. The molecular formula is C17H31NO. The van der Waals surface area contributed by atoms with Crippen LogP contribution in [0.2, 0.25) is 0 Å². The molecule has 1 N–H and O–H groups in total. The molecule has 0 aromatic rings. The van der Waals surface area contributed by atoms with E-state index in [1.165, 1.54) is 64.2 Å². The van der Waals surface area contributed by atoms with Crippen LogP contribution in [-0.2, 0) is 4.74 Å². The van der Waals surface area contributed by atoms with Gasteiger partial charge in [0.2, 0.25) is 0 Å². The summed E-state index contributed by atoms with van der Waals surface area (Å²) in [6, 6.07) is 0.745. The molecular weight excluding hydrogens is 234 g/mol. The van der Waals surface area contributed by atoms with E-state index in [0.717, 1.165) is 17.9 Å². The summed E-state index contributed by atoms with van der Waals surface area (Å²) in [6.45, 7) is 2.43. The molecule has 0 bridgehead atoms.